The second-order valence-electron chi connectivity index (χ2n) is 6.08. The number of hydrogen-bond acceptors (Lipinski definition) is 3. The highest BCUT2D eigenvalue weighted by atomic mass is 19.3. The number of rotatable bonds is 7. The molecule has 0 saturated carbocycles. The summed E-state index contributed by atoms with van der Waals surface area (Å²) in [5.41, 5.74) is 1.60. The van der Waals surface area contributed by atoms with Crippen molar-refractivity contribution >= 4 is 12.0 Å². The molecule has 0 aliphatic rings. The molecule has 1 atom stereocenters. The lowest BCUT2D eigenvalue weighted by Crippen LogP contribution is -2.27. The lowest BCUT2D eigenvalue weighted by atomic mass is 9.98. The summed E-state index contributed by atoms with van der Waals surface area (Å²) in [7, 11) is 0. The average molecular weight is 383 g/mol. The minimum absolute atomic E-state index is 0.0602. The Kier molecular flexibility index (Phi) is 6.22. The number of ether oxygens (including phenoxy) is 1. The largest absolute Gasteiger partial charge is 0.462 e. The van der Waals surface area contributed by atoms with Crippen molar-refractivity contribution in [2.45, 2.75) is 19.6 Å². The Balaban J connectivity index is 1.79. The molecule has 3 rings (SSSR count). The van der Waals surface area contributed by atoms with E-state index < -0.39 is 12.7 Å². The van der Waals surface area contributed by atoms with Crippen LogP contribution in [0.2, 0.25) is 0 Å². The van der Waals surface area contributed by atoms with E-state index in [9.17, 15) is 13.6 Å². The Morgan fingerprint density at radius 1 is 1.00 bits per heavy atom. The van der Waals surface area contributed by atoms with Crippen molar-refractivity contribution < 1.29 is 22.7 Å². The number of aryl methyl sites for hydroxylation is 1. The minimum atomic E-state index is -2.88. The second kappa shape index (κ2) is 8.99. The van der Waals surface area contributed by atoms with Crippen molar-refractivity contribution in [1.82, 2.24) is 5.32 Å². The molecule has 3 aromatic rings. The predicted octanol–water partition coefficient (Wildman–Crippen LogP) is 5.11. The van der Waals surface area contributed by atoms with Crippen molar-refractivity contribution in [3.05, 3.63) is 95.5 Å². The van der Waals surface area contributed by atoms with E-state index in [1.807, 2.05) is 43.3 Å². The van der Waals surface area contributed by atoms with E-state index in [1.54, 1.807) is 24.3 Å². The van der Waals surface area contributed by atoms with Gasteiger partial charge in [0.2, 0.25) is 5.91 Å². The van der Waals surface area contributed by atoms with E-state index in [-0.39, 0.29) is 11.7 Å². The van der Waals surface area contributed by atoms with Crippen LogP contribution in [0.5, 0.6) is 5.75 Å². The zero-order valence-corrected chi connectivity index (χ0v) is 15.1. The van der Waals surface area contributed by atoms with Crippen LogP contribution in [0.15, 0.2) is 77.2 Å². The molecule has 0 spiro atoms. The van der Waals surface area contributed by atoms with Crippen molar-refractivity contribution in [2.24, 2.45) is 0 Å². The molecule has 4 nitrogen and oxygen atoms in total. The van der Waals surface area contributed by atoms with Gasteiger partial charge >= 0.3 is 6.61 Å². The molecule has 0 unspecified atom stereocenters. The summed E-state index contributed by atoms with van der Waals surface area (Å²) in [6, 6.07) is 18.7. The molecule has 0 fully saturated rings. The number of nitrogens with one attached hydrogen (secondary N) is 1. The first kappa shape index (κ1) is 19.4. The van der Waals surface area contributed by atoms with E-state index in [1.165, 1.54) is 18.2 Å². The van der Waals surface area contributed by atoms with Crippen LogP contribution in [0.25, 0.3) is 6.08 Å². The molecule has 1 amide bonds. The molecule has 2 aromatic carbocycles. The molecule has 28 heavy (non-hydrogen) atoms. The van der Waals surface area contributed by atoms with Crippen LogP contribution in [-0.2, 0) is 4.79 Å². The molecule has 144 valence electrons. The average Bonchev–Trinajstić information content (AvgIpc) is 3.11. The summed E-state index contributed by atoms with van der Waals surface area (Å²) >= 11 is 0. The van der Waals surface area contributed by atoms with Crippen LogP contribution >= 0.6 is 0 Å². The quantitative estimate of drug-likeness (QED) is 0.577. The third-order valence-electron chi connectivity index (χ3n) is 4.02. The zero-order chi connectivity index (χ0) is 19.9. The first-order chi connectivity index (χ1) is 13.5. The minimum Gasteiger partial charge on any atom is -0.462 e. The van der Waals surface area contributed by atoms with E-state index in [4.69, 9.17) is 4.42 Å². The molecule has 0 radical (unpaired) electrons. The van der Waals surface area contributed by atoms with Crippen LogP contribution in [0.3, 0.4) is 0 Å². The van der Waals surface area contributed by atoms with Gasteiger partial charge in [-0.1, -0.05) is 42.5 Å². The predicted molar refractivity (Wildman–Crippen MR) is 102 cm³/mol. The summed E-state index contributed by atoms with van der Waals surface area (Å²) in [5.74, 6) is 1.09. The van der Waals surface area contributed by atoms with Gasteiger partial charge in [0.05, 0.1) is 6.04 Å². The van der Waals surface area contributed by atoms with E-state index >= 15 is 0 Å². The lowest BCUT2D eigenvalue weighted by molar-refractivity contribution is -0.116. The SMILES string of the molecule is Cc1ccc(/C=C/C(=O)N[C@@H](c2ccccc2)c2ccc(OC(F)F)cc2)o1. The summed E-state index contributed by atoms with van der Waals surface area (Å²) in [4.78, 5) is 12.4. The Morgan fingerprint density at radius 2 is 1.68 bits per heavy atom. The number of carbonyl (C=O) groups excluding carboxylic acids is 1. The number of benzene rings is 2. The van der Waals surface area contributed by atoms with Crippen molar-refractivity contribution in [3.8, 4) is 5.75 Å². The van der Waals surface area contributed by atoms with Gasteiger partial charge in [-0.2, -0.15) is 8.78 Å². The fraction of sp³-hybridized carbons (Fsp3) is 0.136. The molecular weight excluding hydrogens is 364 g/mol. The molecule has 1 aromatic heterocycles. The van der Waals surface area contributed by atoms with Gasteiger partial charge in [0, 0.05) is 6.08 Å². The van der Waals surface area contributed by atoms with Crippen LogP contribution < -0.4 is 10.1 Å². The first-order valence-corrected chi connectivity index (χ1v) is 8.66. The molecule has 1 heterocycles. The number of hydrogen-bond donors (Lipinski definition) is 1. The van der Waals surface area contributed by atoms with Crippen LogP contribution in [-0.4, -0.2) is 12.5 Å². The summed E-state index contributed by atoms with van der Waals surface area (Å²) < 4.78 is 34.5. The summed E-state index contributed by atoms with van der Waals surface area (Å²) in [5, 5.41) is 2.93. The molecule has 1 N–H and O–H groups in total. The Morgan fingerprint density at radius 3 is 2.29 bits per heavy atom. The maximum absolute atomic E-state index is 12.4. The fourth-order valence-electron chi connectivity index (χ4n) is 2.74. The smallest absolute Gasteiger partial charge is 0.387 e. The van der Waals surface area contributed by atoms with Crippen molar-refractivity contribution in [3.63, 3.8) is 0 Å². The summed E-state index contributed by atoms with van der Waals surface area (Å²) in [6.07, 6.45) is 2.98. The number of halogens is 2. The second-order valence-corrected chi connectivity index (χ2v) is 6.08. The Hall–Kier alpha value is -3.41. The fourth-order valence-corrected chi connectivity index (χ4v) is 2.74. The van der Waals surface area contributed by atoms with Gasteiger partial charge in [-0.3, -0.25) is 4.79 Å². The molecule has 0 saturated heterocycles. The Labute approximate surface area is 161 Å². The molecule has 0 aliphatic heterocycles. The zero-order valence-electron chi connectivity index (χ0n) is 15.1. The standard InChI is InChI=1S/C22H19F2NO3/c1-15-7-10-18(27-15)13-14-20(26)25-21(16-5-3-2-4-6-16)17-8-11-19(12-9-17)28-22(23)24/h2-14,21-22H,1H3,(H,25,26)/b14-13+/t21-/m0/s1. The van der Waals surface area contributed by atoms with E-state index in [0.29, 0.717) is 5.76 Å². The van der Waals surface area contributed by atoms with Gasteiger partial charge in [0.25, 0.3) is 0 Å². The molecular formula is C22H19F2NO3. The van der Waals surface area contributed by atoms with Gasteiger partial charge in [-0.05, 0) is 48.4 Å². The number of alkyl halides is 2. The van der Waals surface area contributed by atoms with E-state index in [2.05, 4.69) is 10.1 Å². The van der Waals surface area contributed by atoms with Gasteiger partial charge in [-0.15, -0.1) is 0 Å². The topological polar surface area (TPSA) is 51.5 Å². The van der Waals surface area contributed by atoms with Gasteiger partial charge in [-0.25, -0.2) is 0 Å². The maximum atomic E-state index is 12.4. The monoisotopic (exact) mass is 383 g/mol. The summed E-state index contributed by atoms with van der Waals surface area (Å²) in [6.45, 7) is -1.06. The van der Waals surface area contributed by atoms with Gasteiger partial charge < -0.3 is 14.5 Å². The van der Waals surface area contributed by atoms with E-state index in [0.717, 1.165) is 16.9 Å². The van der Waals surface area contributed by atoms with Crippen LogP contribution in [0.4, 0.5) is 8.78 Å². The highest BCUT2D eigenvalue weighted by molar-refractivity contribution is 5.91. The number of carbonyl (C=O) groups is 1. The Bertz CT molecular complexity index is 934. The first-order valence-electron chi connectivity index (χ1n) is 8.66. The molecule has 0 aliphatic carbocycles. The normalized spacial score (nSPS) is 12.3. The highest BCUT2D eigenvalue weighted by Gasteiger charge is 2.16. The van der Waals surface area contributed by atoms with Crippen LogP contribution in [0.1, 0.15) is 28.7 Å². The van der Waals surface area contributed by atoms with Crippen LogP contribution in [0, 0.1) is 6.92 Å². The number of furan rings is 1. The van der Waals surface area contributed by atoms with Crippen molar-refractivity contribution in [2.75, 3.05) is 0 Å². The third kappa shape index (κ3) is 5.30. The maximum Gasteiger partial charge on any atom is 0.387 e. The third-order valence-corrected chi connectivity index (χ3v) is 4.02. The lowest BCUT2D eigenvalue weighted by Gasteiger charge is -2.19. The molecule has 0 bridgehead atoms. The number of amides is 1. The van der Waals surface area contributed by atoms with Gasteiger partial charge in [0.15, 0.2) is 0 Å². The highest BCUT2D eigenvalue weighted by Crippen LogP contribution is 2.25. The molecule has 6 heteroatoms. The van der Waals surface area contributed by atoms with Crippen molar-refractivity contribution in [1.29, 1.82) is 0 Å². The van der Waals surface area contributed by atoms with Gasteiger partial charge in [0.1, 0.15) is 17.3 Å².